The topological polar surface area (TPSA) is 75.1 Å². The average molecular weight is 432 g/mol. The number of hydrogen-bond donors (Lipinski definition) is 3. The van der Waals surface area contributed by atoms with Gasteiger partial charge in [0, 0.05) is 18.7 Å². The number of benzene rings is 3. The van der Waals surface area contributed by atoms with Gasteiger partial charge < -0.3 is 25.2 Å². The van der Waals surface area contributed by atoms with Crippen LogP contribution in [0.15, 0.2) is 77.8 Å². The molecule has 1 unspecified atom stereocenters. The summed E-state index contributed by atoms with van der Waals surface area (Å²) in [6, 6.07) is 23.4. The maximum absolute atomic E-state index is 10.5. The zero-order valence-electron chi connectivity index (χ0n) is 18.3. The number of phenols is 1. The highest BCUT2D eigenvalue weighted by Crippen LogP contribution is 2.30. The molecule has 3 aromatic carbocycles. The molecule has 3 N–H and O–H groups in total. The molecule has 6 nitrogen and oxygen atoms in total. The summed E-state index contributed by atoms with van der Waals surface area (Å²) in [5.74, 6) is 1.53. The van der Waals surface area contributed by atoms with Crippen molar-refractivity contribution in [2.45, 2.75) is 25.5 Å². The number of nitrogens with zero attached hydrogens (tertiary/aromatic N) is 1. The molecule has 1 heterocycles. The standard InChI is InChI=1S/C26H29N3O3/c1-31-25-12-6-5-10-21(25)17-27-26(28-18-22-11-7-15-32-22)29-23-16-20(13-14-24(23)30)19-8-3-2-4-9-19/h2-6,8-10,12-14,16,22,30H,7,11,15,17-18H2,1H3,(H2,27,28,29). The lowest BCUT2D eigenvalue weighted by Crippen LogP contribution is -2.36. The predicted octanol–water partition coefficient (Wildman–Crippen LogP) is 4.80. The van der Waals surface area contributed by atoms with Crippen molar-refractivity contribution in [3.8, 4) is 22.6 Å². The first kappa shape index (κ1) is 21.7. The van der Waals surface area contributed by atoms with Crippen LogP contribution < -0.4 is 15.4 Å². The zero-order valence-corrected chi connectivity index (χ0v) is 18.3. The van der Waals surface area contributed by atoms with E-state index in [-0.39, 0.29) is 11.9 Å². The van der Waals surface area contributed by atoms with E-state index in [2.05, 4.69) is 10.6 Å². The van der Waals surface area contributed by atoms with Crippen LogP contribution in [0.5, 0.6) is 11.5 Å². The van der Waals surface area contributed by atoms with Gasteiger partial charge in [-0.2, -0.15) is 0 Å². The van der Waals surface area contributed by atoms with Gasteiger partial charge in [0.2, 0.25) is 0 Å². The molecule has 1 aliphatic heterocycles. The molecule has 32 heavy (non-hydrogen) atoms. The Morgan fingerprint density at radius 2 is 1.88 bits per heavy atom. The normalized spacial score (nSPS) is 16.0. The molecule has 0 aliphatic carbocycles. The Balaban J connectivity index is 1.56. The maximum atomic E-state index is 10.5. The van der Waals surface area contributed by atoms with E-state index < -0.39 is 0 Å². The van der Waals surface area contributed by atoms with Crippen LogP contribution in [0.2, 0.25) is 0 Å². The van der Waals surface area contributed by atoms with E-state index in [1.54, 1.807) is 13.2 Å². The predicted molar refractivity (Wildman–Crippen MR) is 128 cm³/mol. The molecule has 1 saturated heterocycles. The molecular weight excluding hydrogens is 402 g/mol. The summed E-state index contributed by atoms with van der Waals surface area (Å²) in [6.07, 6.45) is 2.27. The van der Waals surface area contributed by atoms with Gasteiger partial charge in [-0.1, -0.05) is 54.6 Å². The number of guanidine groups is 1. The summed E-state index contributed by atoms with van der Waals surface area (Å²) in [5, 5.41) is 17.1. The summed E-state index contributed by atoms with van der Waals surface area (Å²) < 4.78 is 11.2. The molecule has 0 spiro atoms. The molecule has 0 amide bonds. The Kier molecular flexibility index (Phi) is 7.25. The number of phenolic OH excluding ortho intramolecular Hbond substituents is 1. The molecule has 0 bridgehead atoms. The third kappa shape index (κ3) is 5.59. The number of rotatable bonds is 7. The van der Waals surface area contributed by atoms with Crippen LogP contribution in [0.4, 0.5) is 5.69 Å². The van der Waals surface area contributed by atoms with E-state index in [0.29, 0.717) is 24.7 Å². The van der Waals surface area contributed by atoms with Gasteiger partial charge in [0.25, 0.3) is 0 Å². The second-order valence-electron chi connectivity index (χ2n) is 7.72. The highest BCUT2D eigenvalue weighted by atomic mass is 16.5. The summed E-state index contributed by atoms with van der Waals surface area (Å²) >= 11 is 0. The quantitative estimate of drug-likeness (QED) is 0.285. The Labute approximate surface area is 188 Å². The molecule has 0 saturated carbocycles. The van der Waals surface area contributed by atoms with Crippen LogP contribution in [0.3, 0.4) is 0 Å². The number of para-hydroxylation sites is 1. The molecule has 0 aromatic heterocycles. The Hall–Kier alpha value is -3.51. The largest absolute Gasteiger partial charge is 0.506 e. The van der Waals surface area contributed by atoms with Crippen molar-refractivity contribution < 1.29 is 14.6 Å². The van der Waals surface area contributed by atoms with Gasteiger partial charge in [0.1, 0.15) is 11.5 Å². The number of aliphatic imine (C=N–C) groups is 1. The lowest BCUT2D eigenvalue weighted by atomic mass is 10.0. The number of aromatic hydroxyl groups is 1. The van der Waals surface area contributed by atoms with Gasteiger partial charge in [-0.25, -0.2) is 4.99 Å². The molecule has 1 aliphatic rings. The van der Waals surface area contributed by atoms with Gasteiger partial charge in [-0.05, 0) is 42.2 Å². The van der Waals surface area contributed by atoms with Crippen molar-refractivity contribution >= 4 is 11.6 Å². The number of nitrogens with one attached hydrogen (secondary N) is 2. The third-order valence-electron chi connectivity index (χ3n) is 5.48. The minimum absolute atomic E-state index is 0.161. The van der Waals surface area contributed by atoms with E-state index in [0.717, 1.165) is 41.9 Å². The fraction of sp³-hybridized carbons (Fsp3) is 0.269. The summed E-state index contributed by atoms with van der Waals surface area (Å²) in [5.41, 5.74) is 3.66. The molecule has 3 aromatic rings. The molecule has 0 radical (unpaired) electrons. The summed E-state index contributed by atoms with van der Waals surface area (Å²) in [6.45, 7) is 1.88. The molecule has 6 heteroatoms. The van der Waals surface area contributed by atoms with E-state index >= 15 is 0 Å². The van der Waals surface area contributed by atoms with Gasteiger partial charge in [-0.15, -0.1) is 0 Å². The fourth-order valence-electron chi connectivity index (χ4n) is 3.73. The van der Waals surface area contributed by atoms with Gasteiger partial charge in [-0.3, -0.25) is 0 Å². The van der Waals surface area contributed by atoms with Crippen LogP contribution >= 0.6 is 0 Å². The van der Waals surface area contributed by atoms with E-state index in [1.807, 2.05) is 66.7 Å². The minimum Gasteiger partial charge on any atom is -0.506 e. The van der Waals surface area contributed by atoms with Crippen LogP contribution in [0.1, 0.15) is 18.4 Å². The Morgan fingerprint density at radius 1 is 1.06 bits per heavy atom. The fourth-order valence-corrected chi connectivity index (χ4v) is 3.73. The van der Waals surface area contributed by atoms with Crippen molar-refractivity contribution in [1.29, 1.82) is 0 Å². The van der Waals surface area contributed by atoms with Gasteiger partial charge in [0.05, 0.1) is 25.4 Å². The van der Waals surface area contributed by atoms with E-state index in [4.69, 9.17) is 14.5 Å². The average Bonchev–Trinajstić information content (AvgIpc) is 3.36. The monoisotopic (exact) mass is 431 g/mol. The van der Waals surface area contributed by atoms with Gasteiger partial charge in [0.15, 0.2) is 5.96 Å². The first-order chi connectivity index (χ1) is 15.7. The van der Waals surface area contributed by atoms with Crippen LogP contribution in [-0.2, 0) is 11.3 Å². The van der Waals surface area contributed by atoms with Crippen LogP contribution in [-0.4, -0.2) is 37.4 Å². The summed E-state index contributed by atoms with van der Waals surface area (Å²) in [7, 11) is 1.66. The molecule has 1 fully saturated rings. The first-order valence-electron chi connectivity index (χ1n) is 10.9. The highest BCUT2D eigenvalue weighted by Gasteiger charge is 2.16. The molecule has 166 valence electrons. The Bertz CT molecular complexity index is 1050. The van der Waals surface area contributed by atoms with Crippen molar-refractivity contribution in [3.63, 3.8) is 0 Å². The molecule has 4 rings (SSSR count). The number of anilines is 1. The maximum Gasteiger partial charge on any atom is 0.196 e. The third-order valence-corrected chi connectivity index (χ3v) is 5.48. The zero-order chi connectivity index (χ0) is 22.2. The minimum atomic E-state index is 0.161. The van der Waals surface area contributed by atoms with Crippen LogP contribution in [0, 0.1) is 0 Å². The second kappa shape index (κ2) is 10.7. The van der Waals surface area contributed by atoms with Crippen molar-refractivity contribution in [2.75, 3.05) is 25.6 Å². The SMILES string of the molecule is COc1ccccc1CN=C(NCC1CCCO1)Nc1cc(-c2ccccc2)ccc1O. The van der Waals surface area contributed by atoms with Crippen molar-refractivity contribution in [1.82, 2.24) is 5.32 Å². The summed E-state index contributed by atoms with van der Waals surface area (Å²) in [4.78, 5) is 4.75. The second-order valence-corrected chi connectivity index (χ2v) is 7.72. The lowest BCUT2D eigenvalue weighted by molar-refractivity contribution is 0.114. The molecule has 1 atom stereocenters. The van der Waals surface area contributed by atoms with Crippen LogP contribution in [0.25, 0.3) is 11.1 Å². The van der Waals surface area contributed by atoms with Crippen molar-refractivity contribution in [2.24, 2.45) is 4.99 Å². The van der Waals surface area contributed by atoms with Gasteiger partial charge >= 0.3 is 0 Å². The van der Waals surface area contributed by atoms with Crippen molar-refractivity contribution in [3.05, 3.63) is 78.4 Å². The Morgan fingerprint density at radius 3 is 2.66 bits per heavy atom. The number of ether oxygens (including phenoxy) is 2. The molecular formula is C26H29N3O3. The highest BCUT2D eigenvalue weighted by molar-refractivity contribution is 5.95. The first-order valence-corrected chi connectivity index (χ1v) is 10.9. The van der Waals surface area contributed by atoms with E-state index in [9.17, 15) is 5.11 Å². The lowest BCUT2D eigenvalue weighted by Gasteiger charge is -2.17. The van der Waals surface area contributed by atoms with E-state index in [1.165, 1.54) is 0 Å². The number of hydrogen-bond acceptors (Lipinski definition) is 4. The number of methoxy groups -OCH3 is 1. The smallest absolute Gasteiger partial charge is 0.196 e.